The van der Waals surface area contributed by atoms with Crippen LogP contribution in [0.4, 0.5) is 0 Å². The number of aromatic amines is 1. The van der Waals surface area contributed by atoms with Crippen LogP contribution in [0.1, 0.15) is 38.0 Å². The molecule has 11 heteroatoms. The Morgan fingerprint density at radius 3 is 2.47 bits per heavy atom. The van der Waals surface area contributed by atoms with E-state index in [2.05, 4.69) is 25.6 Å². The summed E-state index contributed by atoms with van der Waals surface area (Å²) >= 11 is 7.73. The number of hydrogen-bond donors (Lipinski definition) is 2. The average molecular weight is 611 g/mol. The predicted octanol–water partition coefficient (Wildman–Crippen LogP) is 7.78. The van der Waals surface area contributed by atoms with Crippen LogP contribution in [-0.4, -0.2) is 47.3 Å². The van der Waals surface area contributed by atoms with Gasteiger partial charge in [-0.1, -0.05) is 41.9 Å². The third-order valence-electron chi connectivity index (χ3n) is 6.79. The summed E-state index contributed by atoms with van der Waals surface area (Å²) in [5.74, 6) is -0.556. The largest absolute Gasteiger partial charge is 0.479 e. The number of thiazole rings is 1. The van der Waals surface area contributed by atoms with Gasteiger partial charge in [0, 0.05) is 39.0 Å². The Balaban J connectivity index is 1.51. The number of carboxylic acid groups (broad SMARTS) is 1. The number of tetrazole rings is 1. The van der Waals surface area contributed by atoms with Crippen LogP contribution in [0, 0.1) is 6.92 Å². The van der Waals surface area contributed by atoms with Crippen molar-refractivity contribution in [2.45, 2.75) is 39.4 Å². The summed E-state index contributed by atoms with van der Waals surface area (Å²) in [5, 5.41) is 26.0. The molecule has 0 aliphatic carbocycles. The molecule has 0 fully saturated rings. The van der Waals surface area contributed by atoms with Crippen molar-refractivity contribution < 1.29 is 14.6 Å². The maximum atomic E-state index is 12.6. The highest BCUT2D eigenvalue weighted by molar-refractivity contribution is 7.22. The van der Waals surface area contributed by atoms with Crippen LogP contribution in [0.2, 0.25) is 5.02 Å². The number of carbonyl (C=O) groups is 1. The number of aliphatic carboxylic acids is 1. The molecule has 3 heterocycles. The second-order valence-electron chi connectivity index (χ2n) is 11.1. The molecule has 0 saturated carbocycles. The first-order valence-corrected chi connectivity index (χ1v) is 14.7. The Morgan fingerprint density at radius 1 is 1.00 bits per heavy atom. The minimum absolute atomic E-state index is 0.500. The average Bonchev–Trinajstić information content (AvgIpc) is 3.66. The summed E-state index contributed by atoms with van der Waals surface area (Å²) < 4.78 is 6.99. The first-order valence-electron chi connectivity index (χ1n) is 13.5. The molecule has 9 nitrogen and oxygen atoms in total. The fourth-order valence-electron chi connectivity index (χ4n) is 4.99. The van der Waals surface area contributed by atoms with Gasteiger partial charge >= 0.3 is 5.97 Å². The Kier molecular flexibility index (Phi) is 7.51. The molecule has 0 saturated heterocycles. The normalized spacial score (nSPS) is 12.5. The van der Waals surface area contributed by atoms with Crippen molar-refractivity contribution >= 4 is 39.1 Å². The van der Waals surface area contributed by atoms with Gasteiger partial charge in [-0.25, -0.2) is 9.78 Å². The second kappa shape index (κ2) is 11.3. The van der Waals surface area contributed by atoms with E-state index >= 15 is 0 Å². The third kappa shape index (κ3) is 5.90. The third-order valence-corrected chi connectivity index (χ3v) is 8.18. The van der Waals surface area contributed by atoms with Gasteiger partial charge in [-0.3, -0.25) is 4.98 Å². The van der Waals surface area contributed by atoms with Crippen LogP contribution < -0.4 is 0 Å². The Labute approximate surface area is 256 Å². The predicted molar refractivity (Wildman–Crippen MR) is 168 cm³/mol. The number of aryl methyl sites for hydroxylation is 1. The van der Waals surface area contributed by atoms with E-state index in [1.54, 1.807) is 18.3 Å². The minimum Gasteiger partial charge on any atom is -0.479 e. The quantitative estimate of drug-likeness (QED) is 0.188. The van der Waals surface area contributed by atoms with E-state index in [1.165, 1.54) is 11.3 Å². The molecule has 1 atom stereocenters. The smallest absolute Gasteiger partial charge is 0.337 e. The zero-order chi connectivity index (χ0) is 30.3. The van der Waals surface area contributed by atoms with Crippen molar-refractivity contribution in [1.29, 1.82) is 0 Å². The zero-order valence-electron chi connectivity index (χ0n) is 23.8. The van der Waals surface area contributed by atoms with E-state index in [9.17, 15) is 9.90 Å². The molecule has 3 aromatic heterocycles. The Hall–Kier alpha value is -4.51. The highest BCUT2D eigenvalue weighted by Crippen LogP contribution is 2.44. The lowest BCUT2D eigenvalue weighted by atomic mass is 9.91. The van der Waals surface area contributed by atoms with E-state index in [0.29, 0.717) is 16.4 Å². The number of rotatable bonds is 7. The van der Waals surface area contributed by atoms with Gasteiger partial charge in [0.25, 0.3) is 0 Å². The molecule has 0 unspecified atom stereocenters. The molecule has 43 heavy (non-hydrogen) atoms. The summed E-state index contributed by atoms with van der Waals surface area (Å²) in [6.07, 6.45) is 0.575. The van der Waals surface area contributed by atoms with Gasteiger partial charge in [-0.05, 0) is 80.4 Å². The van der Waals surface area contributed by atoms with Crippen molar-refractivity contribution in [3.05, 3.63) is 89.1 Å². The first-order chi connectivity index (χ1) is 20.6. The molecule has 0 radical (unpaired) electrons. The maximum absolute atomic E-state index is 12.6. The lowest BCUT2D eigenvalue weighted by Gasteiger charge is -2.28. The number of ether oxygens (including phenoxy) is 1. The molecular weight excluding hydrogens is 584 g/mol. The molecule has 6 aromatic rings. The molecule has 2 N–H and O–H groups in total. The Morgan fingerprint density at radius 2 is 1.77 bits per heavy atom. The van der Waals surface area contributed by atoms with Crippen molar-refractivity contribution in [3.63, 3.8) is 0 Å². The van der Waals surface area contributed by atoms with E-state index in [0.717, 1.165) is 54.3 Å². The van der Waals surface area contributed by atoms with Gasteiger partial charge in [0.2, 0.25) is 5.82 Å². The number of nitrogens with zero attached hydrogens (tertiary/aromatic N) is 5. The van der Waals surface area contributed by atoms with E-state index in [4.69, 9.17) is 21.3 Å². The highest BCUT2D eigenvalue weighted by Gasteiger charge is 2.32. The van der Waals surface area contributed by atoms with Crippen LogP contribution in [0.5, 0.6) is 0 Å². The van der Waals surface area contributed by atoms with Crippen molar-refractivity contribution in [1.82, 2.24) is 30.6 Å². The zero-order valence-corrected chi connectivity index (χ0v) is 25.4. The van der Waals surface area contributed by atoms with Crippen LogP contribution in [0.25, 0.3) is 54.6 Å². The molecule has 0 aliphatic heterocycles. The van der Waals surface area contributed by atoms with Gasteiger partial charge in [0.1, 0.15) is 5.01 Å². The van der Waals surface area contributed by atoms with Crippen LogP contribution in [0.15, 0.2) is 72.9 Å². The lowest BCUT2D eigenvalue weighted by molar-refractivity contribution is -0.160. The molecule has 3 aromatic carbocycles. The number of halogens is 1. The van der Waals surface area contributed by atoms with Gasteiger partial charge in [0.05, 0.1) is 21.5 Å². The van der Waals surface area contributed by atoms with Crippen molar-refractivity contribution in [3.8, 4) is 44.3 Å². The van der Waals surface area contributed by atoms with Crippen molar-refractivity contribution in [2.24, 2.45) is 0 Å². The second-order valence-corrected chi connectivity index (χ2v) is 12.5. The van der Waals surface area contributed by atoms with E-state index in [-0.39, 0.29) is 0 Å². The summed E-state index contributed by atoms with van der Waals surface area (Å²) in [4.78, 5) is 22.2. The Bertz CT molecular complexity index is 1950. The number of pyridine rings is 1. The number of fused-ring (bicyclic) bond motifs is 1. The summed E-state index contributed by atoms with van der Waals surface area (Å²) in [7, 11) is 0. The number of benzene rings is 3. The van der Waals surface area contributed by atoms with Gasteiger partial charge in [-0.2, -0.15) is 5.21 Å². The van der Waals surface area contributed by atoms with Crippen LogP contribution in [0.3, 0.4) is 0 Å². The number of hydrogen-bond acceptors (Lipinski definition) is 8. The first kappa shape index (κ1) is 28.6. The number of aromatic nitrogens is 6. The SMILES string of the molecule is Cc1cc2nc(-c3ccnc(-c4cccc(-c5nn[nH]n5)c4)c3)sc2c(-c2ccc(Cl)cc2)c1[C@H](OC(C)(C)C)C(=O)O. The number of H-pyrrole nitrogens is 1. The topological polar surface area (TPSA) is 127 Å². The number of nitrogens with one attached hydrogen (secondary N) is 1. The standard InChI is InChI=1S/C32H27ClN6O3S/c1-17-14-24-28(26(18-8-10-22(33)11-9-18)25(17)27(31(40)41)42-32(2,3)4)43-30(35-24)21-12-13-34-23(16-21)19-6-5-7-20(15-19)29-36-38-39-37-29/h5-16,27H,1-4H3,(H,40,41)(H,36,37,38,39)/t27-/m0/s1. The fraction of sp³-hybridized carbons (Fsp3) is 0.188. The molecule has 216 valence electrons. The van der Waals surface area contributed by atoms with E-state index in [1.807, 2.05) is 82.3 Å². The van der Waals surface area contributed by atoms with E-state index < -0.39 is 17.7 Å². The maximum Gasteiger partial charge on any atom is 0.337 e. The van der Waals surface area contributed by atoms with Gasteiger partial charge in [0.15, 0.2) is 6.10 Å². The fourth-order valence-corrected chi connectivity index (χ4v) is 6.23. The monoisotopic (exact) mass is 610 g/mol. The molecule has 0 aliphatic rings. The van der Waals surface area contributed by atoms with Crippen molar-refractivity contribution in [2.75, 3.05) is 0 Å². The lowest BCUT2D eigenvalue weighted by Crippen LogP contribution is -2.28. The molecule has 0 bridgehead atoms. The van der Waals surface area contributed by atoms with Gasteiger partial charge < -0.3 is 9.84 Å². The van der Waals surface area contributed by atoms with Gasteiger partial charge in [-0.15, -0.1) is 21.5 Å². The number of carboxylic acids is 1. The summed E-state index contributed by atoms with van der Waals surface area (Å²) in [6.45, 7) is 7.45. The molecular formula is C32H27ClN6O3S. The minimum atomic E-state index is -1.18. The van der Waals surface area contributed by atoms with Crippen LogP contribution >= 0.6 is 22.9 Å². The highest BCUT2D eigenvalue weighted by atomic mass is 35.5. The molecule has 0 spiro atoms. The summed E-state index contributed by atoms with van der Waals surface area (Å²) in [6, 6.07) is 21.0. The summed E-state index contributed by atoms with van der Waals surface area (Å²) in [5.41, 5.74) is 6.43. The molecule has 6 rings (SSSR count). The molecule has 0 amide bonds. The van der Waals surface area contributed by atoms with Crippen LogP contribution in [-0.2, 0) is 9.53 Å².